The number of halogens is 1. The Morgan fingerprint density at radius 1 is 1.00 bits per heavy atom. The Bertz CT molecular complexity index is 811. The van der Waals surface area contributed by atoms with E-state index in [9.17, 15) is 9.59 Å². The van der Waals surface area contributed by atoms with Crippen molar-refractivity contribution < 1.29 is 26.7 Å². The fourth-order valence-corrected chi connectivity index (χ4v) is 2.84. The summed E-state index contributed by atoms with van der Waals surface area (Å²) in [7, 11) is 0. The molecule has 1 amide bonds. The van der Waals surface area contributed by atoms with Gasteiger partial charge in [0, 0.05) is 29.1 Å². The molecule has 0 unspecified atom stereocenters. The van der Waals surface area contributed by atoms with E-state index in [2.05, 4.69) is 16.9 Å². The third-order valence-electron chi connectivity index (χ3n) is 4.17. The molecule has 1 aliphatic heterocycles. The fraction of sp³-hybridized carbons (Fsp3) is 0.0417. The van der Waals surface area contributed by atoms with Crippen molar-refractivity contribution in [2.75, 3.05) is 11.9 Å². The Morgan fingerprint density at radius 2 is 1.58 bits per heavy atom. The molecule has 7 heteroatoms. The number of guanidine groups is 1. The van der Waals surface area contributed by atoms with Gasteiger partial charge >= 0.3 is 17.1 Å². The number of benzene rings is 1. The minimum absolute atomic E-state index is 0. The van der Waals surface area contributed by atoms with Crippen LogP contribution in [0.1, 0.15) is 0 Å². The third kappa shape index (κ3) is 7.34. The van der Waals surface area contributed by atoms with Gasteiger partial charge in [0.1, 0.15) is 12.0 Å². The number of aliphatic imine (C=N–C) groups is 1. The summed E-state index contributed by atoms with van der Waals surface area (Å²) in [6.45, 7) is 4.08. The van der Waals surface area contributed by atoms with Gasteiger partial charge in [0.05, 0.1) is 0 Å². The Hall–Kier alpha value is -1.88. The van der Waals surface area contributed by atoms with Crippen LogP contribution < -0.4 is 5.32 Å². The summed E-state index contributed by atoms with van der Waals surface area (Å²) in [5, 5.41) is 3.80. The number of hydrogen-bond acceptors (Lipinski definition) is 4. The maximum atomic E-state index is 12.5. The molecule has 2 aliphatic carbocycles. The monoisotopic (exact) mass is 473 g/mol. The van der Waals surface area contributed by atoms with Gasteiger partial charge in [-0.2, -0.15) is 0 Å². The van der Waals surface area contributed by atoms with Crippen LogP contribution in [0.15, 0.2) is 53.7 Å². The molecule has 0 aromatic heterocycles. The number of nitrogens with zero attached hydrogens (tertiary/aromatic N) is 2. The van der Waals surface area contributed by atoms with Crippen LogP contribution in [-0.2, 0) is 26.7 Å². The minimum atomic E-state index is -0.150. The first-order valence-electron chi connectivity index (χ1n) is 9.25. The van der Waals surface area contributed by atoms with E-state index in [-0.39, 0.29) is 23.0 Å². The van der Waals surface area contributed by atoms with Crippen LogP contribution in [0.4, 0.5) is 5.69 Å². The van der Waals surface area contributed by atoms with E-state index in [1.165, 1.54) is 0 Å². The number of carbonyl (C=O) groups is 2. The average Bonchev–Trinajstić information content (AvgIpc) is 3.50. The second-order valence-electron chi connectivity index (χ2n) is 6.36. The SMILES string of the molecule is C=CCN1C(=O)/C(=C/[C]2[CH][CH][CH][CH]2)N=C1Nc1ccc(Cl)cc1.O=C[C]1[CH][CH][CH][CH]1.[Fe+2]. The minimum Gasteiger partial charge on any atom is -0.326 e. The van der Waals surface area contributed by atoms with Gasteiger partial charge in [-0.15, -0.1) is 6.58 Å². The van der Waals surface area contributed by atoms with Gasteiger partial charge in [0.2, 0.25) is 5.96 Å². The van der Waals surface area contributed by atoms with Gasteiger partial charge in [-0.25, -0.2) is 4.99 Å². The van der Waals surface area contributed by atoms with E-state index >= 15 is 0 Å². The summed E-state index contributed by atoms with van der Waals surface area (Å²) >= 11 is 5.89. The zero-order valence-electron chi connectivity index (χ0n) is 16.5. The molecule has 0 atom stereocenters. The van der Waals surface area contributed by atoms with Gasteiger partial charge in [0.15, 0.2) is 0 Å². The molecule has 2 fully saturated rings. The number of rotatable bonds is 5. The van der Waals surface area contributed by atoms with Crippen LogP contribution in [0.25, 0.3) is 0 Å². The number of hydrogen-bond donors (Lipinski definition) is 1. The Balaban J connectivity index is 0.000000364. The molecule has 2 saturated carbocycles. The standard InChI is InChI=1S/C18H15ClN3O.C6H5O.Fe/c1-2-11-22-17(23)16(12-13-5-3-4-6-13)21-18(22)20-15-9-7-14(19)8-10-15;7-5-6-3-1-2-4-6;/h2-10,12H,1,11H2,(H,20,21);1-5H;/q;;+2/b16-12-;;. The second kappa shape index (κ2) is 12.8. The van der Waals surface area contributed by atoms with Crippen molar-refractivity contribution in [3.05, 3.63) is 117 Å². The maximum absolute atomic E-state index is 12.5. The molecule has 0 bridgehead atoms. The number of aldehydes is 1. The molecule has 4 rings (SSSR count). The molecule has 1 aromatic rings. The van der Waals surface area contributed by atoms with E-state index in [0.717, 1.165) is 23.8 Å². The zero-order valence-corrected chi connectivity index (χ0v) is 18.4. The second-order valence-corrected chi connectivity index (χ2v) is 6.79. The van der Waals surface area contributed by atoms with Crippen molar-refractivity contribution in [3.8, 4) is 0 Å². The normalized spacial score (nSPS) is 20.2. The molecule has 0 saturated heterocycles. The Kier molecular flexibility index (Phi) is 10.5. The van der Waals surface area contributed by atoms with Crippen LogP contribution in [-0.4, -0.2) is 29.6 Å². The van der Waals surface area contributed by atoms with Crippen LogP contribution in [0, 0.1) is 63.2 Å². The summed E-state index contributed by atoms with van der Waals surface area (Å²) in [4.78, 5) is 28.4. The summed E-state index contributed by atoms with van der Waals surface area (Å²) in [6, 6.07) is 7.22. The van der Waals surface area contributed by atoms with Crippen molar-refractivity contribution in [1.82, 2.24) is 4.90 Å². The maximum Gasteiger partial charge on any atom is 2.00 e. The van der Waals surface area contributed by atoms with Crippen molar-refractivity contribution in [1.29, 1.82) is 0 Å². The molecule has 1 aromatic carbocycles. The quantitative estimate of drug-likeness (QED) is 0.304. The average molecular weight is 474 g/mol. The van der Waals surface area contributed by atoms with Gasteiger partial charge in [-0.3, -0.25) is 9.69 Å². The van der Waals surface area contributed by atoms with Gasteiger partial charge in [0.25, 0.3) is 5.91 Å². The summed E-state index contributed by atoms with van der Waals surface area (Å²) in [5.74, 6) is 2.03. The topological polar surface area (TPSA) is 61.8 Å². The summed E-state index contributed by atoms with van der Waals surface area (Å²) in [5.41, 5.74) is 1.21. The summed E-state index contributed by atoms with van der Waals surface area (Å²) < 4.78 is 0. The van der Waals surface area contributed by atoms with E-state index in [4.69, 9.17) is 11.6 Å². The van der Waals surface area contributed by atoms with E-state index in [1.807, 2.05) is 50.7 Å². The number of allylic oxidation sites excluding steroid dienone is 1. The number of amides is 1. The van der Waals surface area contributed by atoms with Crippen LogP contribution >= 0.6 is 11.6 Å². The first-order valence-corrected chi connectivity index (χ1v) is 9.63. The van der Waals surface area contributed by atoms with Crippen LogP contribution in [0.3, 0.4) is 0 Å². The largest absolute Gasteiger partial charge is 2.00 e. The molecule has 31 heavy (non-hydrogen) atoms. The number of nitrogens with one attached hydrogen (secondary N) is 1. The first kappa shape index (κ1) is 25.4. The van der Waals surface area contributed by atoms with E-state index in [1.54, 1.807) is 42.0 Å². The number of carbonyl (C=O) groups excluding carboxylic acids is 2. The molecule has 0 spiro atoms. The van der Waals surface area contributed by atoms with Crippen LogP contribution in [0.5, 0.6) is 0 Å². The smallest absolute Gasteiger partial charge is 0.326 e. The fourth-order valence-electron chi connectivity index (χ4n) is 2.72. The van der Waals surface area contributed by atoms with Gasteiger partial charge < -0.3 is 10.1 Å². The van der Waals surface area contributed by atoms with Crippen LogP contribution in [0.2, 0.25) is 5.02 Å². The van der Waals surface area contributed by atoms with Crippen molar-refractivity contribution >= 4 is 35.4 Å². The predicted octanol–water partition coefficient (Wildman–Crippen LogP) is 4.01. The number of anilines is 1. The zero-order chi connectivity index (χ0) is 21.3. The van der Waals surface area contributed by atoms with E-state index in [0.29, 0.717) is 23.2 Å². The molecule has 1 N–H and O–H groups in total. The van der Waals surface area contributed by atoms with Gasteiger partial charge in [-0.05, 0) is 81.7 Å². The molecule has 3 aliphatic rings. The first-order chi connectivity index (χ1) is 14.6. The molecule has 10 radical (unpaired) electrons. The third-order valence-corrected chi connectivity index (χ3v) is 4.43. The molecular formula is C24H20ClFeN3O2+2. The Morgan fingerprint density at radius 3 is 2.10 bits per heavy atom. The summed E-state index contributed by atoms with van der Waals surface area (Å²) in [6.07, 6.45) is 19.2. The predicted molar refractivity (Wildman–Crippen MR) is 119 cm³/mol. The van der Waals surface area contributed by atoms with E-state index < -0.39 is 0 Å². The Labute approximate surface area is 200 Å². The van der Waals surface area contributed by atoms with Crippen molar-refractivity contribution in [2.24, 2.45) is 4.99 Å². The molecular weight excluding hydrogens is 454 g/mol. The van der Waals surface area contributed by atoms with Crippen molar-refractivity contribution in [2.45, 2.75) is 0 Å². The molecule has 5 nitrogen and oxygen atoms in total. The molecule has 1 heterocycles. The van der Waals surface area contributed by atoms with Gasteiger partial charge in [-0.1, -0.05) is 17.7 Å². The van der Waals surface area contributed by atoms with Crippen molar-refractivity contribution in [3.63, 3.8) is 0 Å². The molecule has 156 valence electrons.